The molecule has 436 valence electrons. The summed E-state index contributed by atoms with van der Waals surface area (Å²) in [6.45, 7) is 7.03. The highest BCUT2D eigenvalue weighted by Crippen LogP contribution is 2.36. The molecule has 15 nitrogen and oxygen atoms in total. The third-order valence-corrected chi connectivity index (χ3v) is 15.1. The van der Waals surface area contributed by atoms with E-state index < -0.39 is 71.9 Å². The van der Waals surface area contributed by atoms with Crippen molar-refractivity contribution in [3.8, 4) is 0 Å². The number of fused-ring (bicyclic) bond motifs is 2. The van der Waals surface area contributed by atoms with Crippen molar-refractivity contribution in [1.29, 1.82) is 0 Å². The lowest BCUT2D eigenvalue weighted by molar-refractivity contribution is -0.173. The van der Waals surface area contributed by atoms with Crippen LogP contribution in [0.15, 0.2) is 127 Å². The third kappa shape index (κ3) is 14.4. The van der Waals surface area contributed by atoms with Crippen LogP contribution < -0.4 is 5.73 Å². The van der Waals surface area contributed by atoms with Gasteiger partial charge in [0.05, 0.1) is 36.1 Å². The van der Waals surface area contributed by atoms with Gasteiger partial charge in [-0.15, -0.1) is 0 Å². The lowest BCUT2D eigenvalue weighted by Gasteiger charge is -2.53. The first-order valence-corrected chi connectivity index (χ1v) is 27.3. The van der Waals surface area contributed by atoms with E-state index in [-0.39, 0.29) is 74.1 Å². The van der Waals surface area contributed by atoms with Gasteiger partial charge in [-0.1, -0.05) is 121 Å². The summed E-state index contributed by atoms with van der Waals surface area (Å²) >= 11 is 0. The normalized spacial score (nSPS) is 21.2. The molecule has 4 saturated heterocycles. The molecule has 6 amide bonds. The van der Waals surface area contributed by atoms with Crippen molar-refractivity contribution in [2.75, 3.05) is 32.7 Å². The molecule has 0 aliphatic carbocycles. The first kappa shape index (κ1) is 60.2. The van der Waals surface area contributed by atoms with Gasteiger partial charge in [0.25, 0.3) is 0 Å². The number of hydrogen-bond donors (Lipinski definition) is 1. The van der Waals surface area contributed by atoms with E-state index in [2.05, 4.69) is 0 Å². The SMILES string of the molecule is Cc1cc(COC(=O)N2C[C@@H](Cc3ccccc3)C(=O)N3[C@@H]2CN(Cc2ccccc2)C(=O)[C@@H]3CCCCN)cc(C(F)(F)F)c1.Cc1cc(COC(=O)N2C[C@H](C)C(=O)N3[C@@H]2CN(Cc2ccccc2)C(=O)[C@@H]3C)cc(C(F)(F)F)c1. The zero-order valence-electron chi connectivity index (χ0n) is 46.1. The van der Waals surface area contributed by atoms with Crippen LogP contribution in [0.25, 0.3) is 0 Å². The van der Waals surface area contributed by atoms with E-state index in [4.69, 9.17) is 15.2 Å². The van der Waals surface area contributed by atoms with Crippen molar-refractivity contribution in [3.05, 3.63) is 177 Å². The molecular formula is C61H67F6N7O8. The fourth-order valence-corrected chi connectivity index (χ4v) is 11.2. The topological polar surface area (TPSA) is 166 Å². The second-order valence-electron chi connectivity index (χ2n) is 21.4. The highest BCUT2D eigenvalue weighted by Gasteiger charge is 2.53. The summed E-state index contributed by atoms with van der Waals surface area (Å²) in [7, 11) is 0. The molecule has 0 aromatic heterocycles. The molecule has 0 bridgehead atoms. The molecule has 4 aliphatic rings. The van der Waals surface area contributed by atoms with Crippen LogP contribution in [-0.4, -0.2) is 122 Å². The van der Waals surface area contributed by atoms with Gasteiger partial charge in [0.2, 0.25) is 23.6 Å². The summed E-state index contributed by atoms with van der Waals surface area (Å²) < 4.78 is 91.0. The Hall–Kier alpha value is -7.94. The van der Waals surface area contributed by atoms with Crippen LogP contribution in [0.5, 0.6) is 0 Å². The van der Waals surface area contributed by atoms with Crippen molar-refractivity contribution in [2.45, 2.75) is 116 Å². The molecule has 5 aromatic rings. The number of rotatable bonds is 14. The Morgan fingerprint density at radius 1 is 0.537 bits per heavy atom. The van der Waals surface area contributed by atoms with Crippen molar-refractivity contribution >= 4 is 35.8 Å². The Morgan fingerprint density at radius 2 is 0.988 bits per heavy atom. The number of ether oxygens (including phenoxy) is 2. The zero-order valence-corrected chi connectivity index (χ0v) is 46.1. The minimum Gasteiger partial charge on any atom is -0.444 e. The predicted octanol–water partition coefficient (Wildman–Crippen LogP) is 9.71. The number of carbonyl (C=O) groups is 6. The maximum absolute atomic E-state index is 14.2. The van der Waals surface area contributed by atoms with Crippen LogP contribution in [-0.2, 0) is 73.7 Å². The predicted molar refractivity (Wildman–Crippen MR) is 290 cm³/mol. The van der Waals surface area contributed by atoms with E-state index in [9.17, 15) is 55.1 Å². The number of carbonyl (C=O) groups excluding carboxylic acids is 6. The van der Waals surface area contributed by atoms with Crippen molar-refractivity contribution in [3.63, 3.8) is 0 Å². The van der Waals surface area contributed by atoms with Crippen molar-refractivity contribution in [1.82, 2.24) is 29.4 Å². The van der Waals surface area contributed by atoms with Gasteiger partial charge in [0.15, 0.2) is 0 Å². The molecule has 0 spiro atoms. The Balaban J connectivity index is 0.000000221. The maximum atomic E-state index is 14.2. The molecule has 4 aliphatic heterocycles. The van der Waals surface area contributed by atoms with Crippen LogP contribution >= 0.6 is 0 Å². The van der Waals surface area contributed by atoms with Crippen molar-refractivity contribution in [2.24, 2.45) is 17.6 Å². The van der Waals surface area contributed by atoms with E-state index in [0.717, 1.165) is 41.0 Å². The van der Waals surface area contributed by atoms with Crippen LogP contribution in [0.2, 0.25) is 0 Å². The Bertz CT molecular complexity index is 3080. The minimum absolute atomic E-state index is 0.0399. The van der Waals surface area contributed by atoms with Gasteiger partial charge >= 0.3 is 24.5 Å². The lowest BCUT2D eigenvalue weighted by atomic mass is 9.90. The van der Waals surface area contributed by atoms with Crippen LogP contribution in [0.1, 0.15) is 83.2 Å². The molecule has 0 saturated carbocycles. The number of halogens is 6. The molecule has 2 N–H and O–H groups in total. The molecule has 0 unspecified atom stereocenters. The molecule has 0 radical (unpaired) electrons. The summed E-state index contributed by atoms with van der Waals surface area (Å²) in [5.74, 6) is -2.05. The standard InChI is InChI=1S/C35H39F3N4O4.C26H28F3N3O4/c1-24-16-27(19-29(17-24)35(36,37)38)23-46-34(45)41-21-28(18-25-10-4-2-5-11-25)32(43)42-30(14-8-9-15-39)33(44)40(22-31(41)42)20-26-12-6-3-7-13-26;1-16-9-20(11-21(10-16)26(27,28)29)15-36-25(35)31-12-17(2)23(33)32-18(3)24(34)30(14-22(31)32)13-19-7-5-4-6-8-19/h2-7,10-13,16-17,19,28,30-31H,8-9,14-15,18,20-23,39H2,1H3;4-11,17-18,22H,12-15H2,1-3H3/t28-,30+,31-;17-,18-,22+/m10/s1. The summed E-state index contributed by atoms with van der Waals surface area (Å²) in [5, 5.41) is 0. The molecule has 82 heavy (non-hydrogen) atoms. The number of unbranched alkanes of at least 4 members (excludes halogenated alkanes) is 1. The van der Waals surface area contributed by atoms with Crippen molar-refractivity contribution < 1.29 is 64.6 Å². The quantitative estimate of drug-likeness (QED) is 0.0842. The van der Waals surface area contributed by atoms with E-state index in [1.54, 1.807) is 41.5 Å². The number of nitrogens with two attached hydrogens (primary N) is 1. The maximum Gasteiger partial charge on any atom is 0.416 e. The van der Waals surface area contributed by atoms with E-state index in [0.29, 0.717) is 56.4 Å². The minimum atomic E-state index is -4.54. The Kier molecular flexibility index (Phi) is 19.0. The highest BCUT2D eigenvalue weighted by molar-refractivity contribution is 5.92. The van der Waals surface area contributed by atoms with Crippen LogP contribution in [0.4, 0.5) is 35.9 Å². The molecular weight excluding hydrogens is 1070 g/mol. The van der Waals surface area contributed by atoms with E-state index >= 15 is 0 Å². The van der Waals surface area contributed by atoms with Gasteiger partial charge in [-0.25, -0.2) is 9.59 Å². The fourth-order valence-electron chi connectivity index (χ4n) is 11.2. The third-order valence-electron chi connectivity index (χ3n) is 15.1. The van der Waals surface area contributed by atoms with Gasteiger partial charge < -0.3 is 34.8 Å². The number of hydrogen-bond acceptors (Lipinski definition) is 9. The van der Waals surface area contributed by atoms with Crippen LogP contribution in [0.3, 0.4) is 0 Å². The zero-order chi connectivity index (χ0) is 59.0. The summed E-state index contributed by atoms with van der Waals surface area (Å²) in [6, 6.07) is 33.8. The van der Waals surface area contributed by atoms with Gasteiger partial charge in [0, 0.05) is 26.2 Å². The molecule has 21 heteroatoms. The molecule has 4 heterocycles. The van der Waals surface area contributed by atoms with Gasteiger partial charge in [-0.3, -0.25) is 29.0 Å². The second-order valence-corrected chi connectivity index (χ2v) is 21.4. The van der Waals surface area contributed by atoms with E-state index in [1.807, 2.05) is 91.0 Å². The lowest BCUT2D eigenvalue weighted by Crippen LogP contribution is -2.73. The largest absolute Gasteiger partial charge is 0.444 e. The number of benzene rings is 5. The number of nitrogens with zero attached hydrogens (tertiary/aromatic N) is 6. The highest BCUT2D eigenvalue weighted by atomic mass is 19.4. The van der Waals surface area contributed by atoms with E-state index in [1.165, 1.54) is 27.7 Å². The molecule has 4 fully saturated rings. The average Bonchev–Trinajstić information content (AvgIpc) is 3.56. The van der Waals surface area contributed by atoms with Gasteiger partial charge in [-0.2, -0.15) is 26.3 Å². The Labute approximate surface area is 472 Å². The number of amides is 6. The first-order chi connectivity index (χ1) is 39.0. The Morgan fingerprint density at radius 3 is 1.46 bits per heavy atom. The molecule has 9 rings (SSSR count). The fraction of sp³-hybridized carbons (Fsp3) is 0.410. The number of alkyl halides is 6. The first-order valence-electron chi connectivity index (χ1n) is 27.3. The number of piperazine rings is 2. The molecule has 6 atom stereocenters. The second kappa shape index (κ2) is 25.9. The van der Waals surface area contributed by atoms with Gasteiger partial charge in [0.1, 0.15) is 37.6 Å². The van der Waals surface area contributed by atoms with Gasteiger partial charge in [-0.05, 0) is 105 Å². The monoisotopic (exact) mass is 1140 g/mol. The summed E-state index contributed by atoms with van der Waals surface area (Å²) in [4.78, 5) is 90.3. The molecule has 5 aromatic carbocycles. The smallest absolute Gasteiger partial charge is 0.416 e. The number of aryl methyl sites for hydroxylation is 2. The average molecular weight is 1140 g/mol. The summed E-state index contributed by atoms with van der Waals surface area (Å²) in [5.41, 5.74) is 8.05. The summed E-state index contributed by atoms with van der Waals surface area (Å²) in [6.07, 6.45) is -10.1. The van der Waals surface area contributed by atoms with Crippen LogP contribution in [0, 0.1) is 25.7 Å².